The SMILES string of the molecule is CC1CNCCN(c2cc(NC3CCC3)ncn2)C1. The summed E-state index contributed by atoms with van der Waals surface area (Å²) in [5.41, 5.74) is 0. The van der Waals surface area contributed by atoms with E-state index in [-0.39, 0.29) is 0 Å². The third-order valence-corrected chi connectivity index (χ3v) is 4.02. The number of nitrogens with one attached hydrogen (secondary N) is 2. The van der Waals surface area contributed by atoms with Crippen LogP contribution in [-0.2, 0) is 0 Å². The first kappa shape index (κ1) is 12.7. The molecule has 0 bridgehead atoms. The second-order valence-corrected chi connectivity index (χ2v) is 5.79. The zero-order valence-corrected chi connectivity index (χ0v) is 11.6. The molecule has 1 saturated heterocycles. The second kappa shape index (κ2) is 5.74. The minimum atomic E-state index is 0.618. The van der Waals surface area contributed by atoms with E-state index in [4.69, 9.17) is 0 Å². The van der Waals surface area contributed by atoms with E-state index >= 15 is 0 Å². The lowest BCUT2D eigenvalue weighted by molar-refractivity contribution is 0.444. The summed E-state index contributed by atoms with van der Waals surface area (Å²) in [5.74, 6) is 2.67. The molecule has 0 spiro atoms. The number of nitrogens with zero attached hydrogens (tertiary/aromatic N) is 3. The van der Waals surface area contributed by atoms with Crippen LogP contribution in [0.3, 0.4) is 0 Å². The van der Waals surface area contributed by atoms with Gasteiger partial charge in [-0.3, -0.25) is 0 Å². The van der Waals surface area contributed by atoms with Gasteiger partial charge in [-0.1, -0.05) is 6.92 Å². The zero-order valence-electron chi connectivity index (χ0n) is 11.6. The van der Waals surface area contributed by atoms with Crippen LogP contribution in [0.4, 0.5) is 11.6 Å². The molecule has 0 radical (unpaired) electrons. The lowest BCUT2D eigenvalue weighted by atomic mass is 9.93. The van der Waals surface area contributed by atoms with Crippen molar-refractivity contribution in [2.75, 3.05) is 36.4 Å². The Balaban J connectivity index is 1.70. The standard InChI is InChI=1S/C14H23N5/c1-11-8-15-5-6-19(9-11)14-7-13(16-10-17-14)18-12-3-2-4-12/h7,10-12,15H,2-6,8-9H2,1H3,(H,16,17,18). The van der Waals surface area contributed by atoms with Gasteiger partial charge in [0.15, 0.2) is 0 Å². The molecule has 2 N–H and O–H groups in total. The van der Waals surface area contributed by atoms with Crippen LogP contribution in [0.1, 0.15) is 26.2 Å². The third-order valence-electron chi connectivity index (χ3n) is 4.02. The van der Waals surface area contributed by atoms with Crippen LogP contribution in [0.15, 0.2) is 12.4 Å². The number of aromatic nitrogens is 2. The van der Waals surface area contributed by atoms with E-state index < -0.39 is 0 Å². The molecule has 3 rings (SSSR count). The molecule has 0 aromatic carbocycles. The molecule has 1 unspecified atom stereocenters. The van der Waals surface area contributed by atoms with E-state index in [1.807, 2.05) is 0 Å². The van der Waals surface area contributed by atoms with Crippen molar-refractivity contribution in [3.63, 3.8) is 0 Å². The van der Waals surface area contributed by atoms with Crippen molar-refractivity contribution < 1.29 is 0 Å². The molecular formula is C14H23N5. The van der Waals surface area contributed by atoms with Gasteiger partial charge in [0, 0.05) is 31.7 Å². The quantitative estimate of drug-likeness (QED) is 0.863. The van der Waals surface area contributed by atoms with Gasteiger partial charge in [0.2, 0.25) is 0 Å². The van der Waals surface area contributed by atoms with Crippen LogP contribution < -0.4 is 15.5 Å². The summed E-state index contributed by atoms with van der Waals surface area (Å²) < 4.78 is 0. The van der Waals surface area contributed by atoms with Gasteiger partial charge in [0.25, 0.3) is 0 Å². The Morgan fingerprint density at radius 2 is 2.26 bits per heavy atom. The molecule has 2 fully saturated rings. The Labute approximate surface area is 114 Å². The Morgan fingerprint density at radius 3 is 3.05 bits per heavy atom. The Bertz CT molecular complexity index is 418. The average Bonchev–Trinajstić information content (AvgIpc) is 2.59. The first-order valence-corrected chi connectivity index (χ1v) is 7.35. The minimum Gasteiger partial charge on any atom is -0.367 e. The van der Waals surface area contributed by atoms with Crippen molar-refractivity contribution >= 4 is 11.6 Å². The van der Waals surface area contributed by atoms with Crippen LogP contribution in [0, 0.1) is 5.92 Å². The lowest BCUT2D eigenvalue weighted by Crippen LogP contribution is -2.31. The van der Waals surface area contributed by atoms with Crippen LogP contribution in [0.5, 0.6) is 0 Å². The van der Waals surface area contributed by atoms with Gasteiger partial charge in [-0.25, -0.2) is 9.97 Å². The van der Waals surface area contributed by atoms with E-state index in [0.717, 1.165) is 37.8 Å². The Kier molecular flexibility index (Phi) is 3.82. The van der Waals surface area contributed by atoms with E-state index in [9.17, 15) is 0 Å². The molecule has 1 aromatic rings. The minimum absolute atomic E-state index is 0.618. The van der Waals surface area contributed by atoms with Crippen molar-refractivity contribution in [1.82, 2.24) is 15.3 Å². The monoisotopic (exact) mass is 261 g/mol. The fourth-order valence-electron chi connectivity index (χ4n) is 2.66. The fraction of sp³-hybridized carbons (Fsp3) is 0.714. The summed E-state index contributed by atoms with van der Waals surface area (Å²) in [6.07, 6.45) is 5.55. The Hall–Kier alpha value is -1.36. The van der Waals surface area contributed by atoms with Gasteiger partial charge in [-0.2, -0.15) is 0 Å². The van der Waals surface area contributed by atoms with Gasteiger partial charge < -0.3 is 15.5 Å². The summed E-state index contributed by atoms with van der Waals surface area (Å²) in [5, 5.41) is 6.95. The summed E-state index contributed by atoms with van der Waals surface area (Å²) >= 11 is 0. The van der Waals surface area contributed by atoms with Crippen molar-refractivity contribution in [3.8, 4) is 0 Å². The molecular weight excluding hydrogens is 238 g/mol. The van der Waals surface area contributed by atoms with Crippen molar-refractivity contribution in [3.05, 3.63) is 12.4 Å². The largest absolute Gasteiger partial charge is 0.367 e. The molecule has 2 aliphatic rings. The first-order valence-electron chi connectivity index (χ1n) is 7.35. The number of anilines is 2. The topological polar surface area (TPSA) is 53.1 Å². The van der Waals surface area contributed by atoms with E-state index in [0.29, 0.717) is 12.0 Å². The molecule has 1 aliphatic heterocycles. The highest BCUT2D eigenvalue weighted by molar-refractivity contribution is 5.49. The highest BCUT2D eigenvalue weighted by Crippen LogP contribution is 2.23. The van der Waals surface area contributed by atoms with Gasteiger partial charge >= 0.3 is 0 Å². The number of rotatable bonds is 3. The van der Waals surface area contributed by atoms with Crippen LogP contribution in [0.2, 0.25) is 0 Å². The molecule has 5 nitrogen and oxygen atoms in total. The molecule has 2 heterocycles. The van der Waals surface area contributed by atoms with Gasteiger partial charge in [0.05, 0.1) is 0 Å². The predicted octanol–water partition coefficient (Wildman–Crippen LogP) is 1.49. The molecule has 5 heteroatoms. The molecule has 19 heavy (non-hydrogen) atoms. The number of hydrogen-bond donors (Lipinski definition) is 2. The molecule has 104 valence electrons. The Morgan fingerprint density at radius 1 is 1.37 bits per heavy atom. The number of hydrogen-bond acceptors (Lipinski definition) is 5. The third kappa shape index (κ3) is 3.15. The molecule has 1 aliphatic carbocycles. The van der Waals surface area contributed by atoms with Gasteiger partial charge in [-0.05, 0) is 31.7 Å². The summed E-state index contributed by atoms with van der Waals surface area (Å²) in [6, 6.07) is 2.71. The van der Waals surface area contributed by atoms with Crippen LogP contribution >= 0.6 is 0 Å². The maximum absolute atomic E-state index is 4.44. The maximum Gasteiger partial charge on any atom is 0.134 e. The van der Waals surface area contributed by atoms with Crippen molar-refractivity contribution in [2.24, 2.45) is 5.92 Å². The van der Waals surface area contributed by atoms with E-state index in [1.54, 1.807) is 6.33 Å². The average molecular weight is 261 g/mol. The first-order chi connectivity index (χ1) is 9.31. The summed E-state index contributed by atoms with van der Waals surface area (Å²) in [7, 11) is 0. The van der Waals surface area contributed by atoms with Crippen molar-refractivity contribution in [1.29, 1.82) is 0 Å². The fourth-order valence-corrected chi connectivity index (χ4v) is 2.66. The predicted molar refractivity (Wildman–Crippen MR) is 77.5 cm³/mol. The summed E-state index contributed by atoms with van der Waals surface area (Å²) in [4.78, 5) is 11.1. The molecule has 1 aromatic heterocycles. The maximum atomic E-state index is 4.44. The molecule has 1 atom stereocenters. The molecule has 1 saturated carbocycles. The van der Waals surface area contributed by atoms with E-state index in [1.165, 1.54) is 19.3 Å². The zero-order chi connectivity index (χ0) is 13.1. The smallest absolute Gasteiger partial charge is 0.134 e. The second-order valence-electron chi connectivity index (χ2n) is 5.79. The highest BCUT2D eigenvalue weighted by Gasteiger charge is 2.19. The van der Waals surface area contributed by atoms with Crippen LogP contribution in [-0.4, -0.2) is 42.2 Å². The highest BCUT2D eigenvalue weighted by atomic mass is 15.2. The molecule has 0 amide bonds. The van der Waals surface area contributed by atoms with Gasteiger partial charge in [0.1, 0.15) is 18.0 Å². The normalized spacial score (nSPS) is 24.7. The van der Waals surface area contributed by atoms with Crippen molar-refractivity contribution in [2.45, 2.75) is 32.2 Å². The summed E-state index contributed by atoms with van der Waals surface area (Å²) in [6.45, 7) is 6.48. The van der Waals surface area contributed by atoms with Crippen LogP contribution in [0.25, 0.3) is 0 Å². The van der Waals surface area contributed by atoms with E-state index in [2.05, 4.69) is 38.5 Å². The lowest BCUT2D eigenvalue weighted by Gasteiger charge is -2.28. The van der Waals surface area contributed by atoms with Gasteiger partial charge in [-0.15, -0.1) is 0 Å².